The molecule has 0 aliphatic carbocycles. The Morgan fingerprint density at radius 1 is 1.24 bits per heavy atom. The quantitative estimate of drug-likeness (QED) is 0.801. The second kappa shape index (κ2) is 5.12. The minimum atomic E-state index is -4.52. The molecular weight excluding hydrogens is 235 g/mol. The van der Waals surface area contributed by atoms with Crippen molar-refractivity contribution in [3.05, 3.63) is 0 Å². The summed E-state index contributed by atoms with van der Waals surface area (Å²) in [7, 11) is 0. The number of alkyl halides is 3. The van der Waals surface area contributed by atoms with Crippen molar-refractivity contribution < 1.29 is 23.4 Å². The highest BCUT2D eigenvalue weighted by atomic mass is 19.4. The first-order chi connectivity index (χ1) is 7.59. The maximum atomic E-state index is 12.3. The highest BCUT2D eigenvalue weighted by Crippen LogP contribution is 2.31. The van der Waals surface area contributed by atoms with Crippen molar-refractivity contribution in [2.45, 2.75) is 44.6 Å². The largest absolute Gasteiger partial charge is 0.414 e. The van der Waals surface area contributed by atoms with Crippen molar-refractivity contribution >= 4 is 0 Å². The van der Waals surface area contributed by atoms with Gasteiger partial charge in [-0.3, -0.25) is 0 Å². The van der Waals surface area contributed by atoms with Crippen LogP contribution in [0.25, 0.3) is 0 Å². The Morgan fingerprint density at radius 2 is 1.71 bits per heavy atom. The fourth-order valence-electron chi connectivity index (χ4n) is 2.24. The van der Waals surface area contributed by atoms with Crippen LogP contribution < -0.4 is 0 Å². The smallest absolute Gasteiger partial charge is 0.389 e. The second-order valence-electron chi connectivity index (χ2n) is 5.41. The van der Waals surface area contributed by atoms with E-state index in [0.717, 1.165) is 0 Å². The highest BCUT2D eigenvalue weighted by Gasteiger charge is 2.44. The number of aliphatic hydroxyl groups excluding tert-OH is 1. The number of hydrogen-bond donors (Lipinski definition) is 2. The SMILES string of the molecule is CC(C)(O)CN1CCC(C(O)C(F)(F)F)CC1. The molecule has 0 bridgehead atoms. The van der Waals surface area contributed by atoms with Gasteiger partial charge < -0.3 is 15.1 Å². The zero-order valence-corrected chi connectivity index (χ0v) is 10.2. The van der Waals surface area contributed by atoms with Gasteiger partial charge in [0, 0.05) is 6.54 Å². The van der Waals surface area contributed by atoms with Gasteiger partial charge in [-0.2, -0.15) is 13.2 Å². The van der Waals surface area contributed by atoms with Crippen LogP contribution in [0.3, 0.4) is 0 Å². The minimum Gasteiger partial charge on any atom is -0.389 e. The Morgan fingerprint density at radius 3 is 2.06 bits per heavy atom. The van der Waals surface area contributed by atoms with Gasteiger partial charge in [0.25, 0.3) is 0 Å². The van der Waals surface area contributed by atoms with Crippen molar-refractivity contribution in [3.8, 4) is 0 Å². The first-order valence-electron chi connectivity index (χ1n) is 5.79. The summed E-state index contributed by atoms with van der Waals surface area (Å²) >= 11 is 0. The van der Waals surface area contributed by atoms with E-state index < -0.39 is 23.8 Å². The third kappa shape index (κ3) is 4.81. The lowest BCUT2D eigenvalue weighted by molar-refractivity contribution is -0.223. The van der Waals surface area contributed by atoms with Crippen molar-refractivity contribution in [2.75, 3.05) is 19.6 Å². The fourth-order valence-corrected chi connectivity index (χ4v) is 2.24. The third-order valence-corrected chi connectivity index (χ3v) is 3.02. The molecule has 1 heterocycles. The van der Waals surface area contributed by atoms with Crippen molar-refractivity contribution in [1.29, 1.82) is 0 Å². The highest BCUT2D eigenvalue weighted by molar-refractivity contribution is 4.83. The molecule has 1 atom stereocenters. The molecule has 0 aromatic rings. The van der Waals surface area contributed by atoms with Gasteiger partial charge in [0.2, 0.25) is 0 Å². The first-order valence-corrected chi connectivity index (χ1v) is 5.79. The van der Waals surface area contributed by atoms with E-state index in [2.05, 4.69) is 0 Å². The lowest BCUT2D eigenvalue weighted by Gasteiger charge is -2.37. The van der Waals surface area contributed by atoms with Gasteiger partial charge in [-0.15, -0.1) is 0 Å². The average molecular weight is 255 g/mol. The van der Waals surface area contributed by atoms with Crippen LogP contribution in [0.4, 0.5) is 13.2 Å². The monoisotopic (exact) mass is 255 g/mol. The molecule has 102 valence electrons. The predicted octanol–water partition coefficient (Wildman–Crippen LogP) is 1.39. The van der Waals surface area contributed by atoms with Crippen LogP contribution in [0.15, 0.2) is 0 Å². The lowest BCUT2D eigenvalue weighted by Crippen LogP contribution is -2.47. The summed E-state index contributed by atoms with van der Waals surface area (Å²) in [6.45, 7) is 4.76. The standard InChI is InChI=1S/C11H20F3NO2/c1-10(2,17)7-15-5-3-8(4-6-15)9(16)11(12,13)14/h8-9,16-17H,3-7H2,1-2H3. The Hall–Kier alpha value is -0.330. The van der Waals surface area contributed by atoms with E-state index >= 15 is 0 Å². The van der Waals surface area contributed by atoms with Crippen LogP contribution in [0.1, 0.15) is 26.7 Å². The molecule has 0 aromatic carbocycles. The zero-order chi connectivity index (χ0) is 13.3. The summed E-state index contributed by atoms with van der Waals surface area (Å²) in [4.78, 5) is 1.93. The molecule has 1 unspecified atom stereocenters. The van der Waals surface area contributed by atoms with Gasteiger partial charge in [-0.05, 0) is 45.7 Å². The molecular formula is C11H20F3NO2. The van der Waals surface area contributed by atoms with Gasteiger partial charge in [0.1, 0.15) is 0 Å². The van der Waals surface area contributed by atoms with Crippen molar-refractivity contribution in [1.82, 2.24) is 4.90 Å². The number of nitrogens with zero attached hydrogens (tertiary/aromatic N) is 1. The average Bonchev–Trinajstić information content (AvgIpc) is 2.14. The maximum absolute atomic E-state index is 12.3. The van der Waals surface area contributed by atoms with Crippen LogP contribution >= 0.6 is 0 Å². The predicted molar refractivity (Wildman–Crippen MR) is 57.5 cm³/mol. The molecule has 1 fully saturated rings. The number of piperidine rings is 1. The minimum absolute atomic E-state index is 0.316. The third-order valence-electron chi connectivity index (χ3n) is 3.02. The molecule has 0 saturated carbocycles. The second-order valence-corrected chi connectivity index (χ2v) is 5.41. The molecule has 2 N–H and O–H groups in total. The molecule has 0 radical (unpaired) electrons. The Kier molecular flexibility index (Phi) is 4.43. The lowest BCUT2D eigenvalue weighted by atomic mass is 9.90. The van der Waals surface area contributed by atoms with Crippen LogP contribution in [-0.2, 0) is 0 Å². The summed E-state index contributed by atoms with van der Waals surface area (Å²) in [5.41, 5.74) is -0.838. The molecule has 6 heteroatoms. The summed E-state index contributed by atoms with van der Waals surface area (Å²) < 4.78 is 36.9. The Balaban J connectivity index is 2.41. The van der Waals surface area contributed by atoms with Gasteiger partial charge in [0.05, 0.1) is 5.60 Å². The molecule has 1 aliphatic rings. The van der Waals surface area contributed by atoms with Crippen molar-refractivity contribution in [3.63, 3.8) is 0 Å². The van der Waals surface area contributed by atoms with E-state index in [1.807, 2.05) is 4.90 Å². The molecule has 0 spiro atoms. The van der Waals surface area contributed by atoms with E-state index in [4.69, 9.17) is 5.11 Å². The molecule has 1 saturated heterocycles. The molecule has 0 aromatic heterocycles. The summed E-state index contributed by atoms with van der Waals surface area (Å²) in [6, 6.07) is 0. The van der Waals surface area contributed by atoms with Gasteiger partial charge in [-0.1, -0.05) is 0 Å². The normalized spacial score (nSPS) is 22.8. The number of hydrogen-bond acceptors (Lipinski definition) is 3. The number of halogens is 3. The van der Waals surface area contributed by atoms with Crippen LogP contribution in [0.2, 0.25) is 0 Å². The zero-order valence-electron chi connectivity index (χ0n) is 10.2. The van der Waals surface area contributed by atoms with Gasteiger partial charge in [-0.25, -0.2) is 0 Å². The van der Waals surface area contributed by atoms with Gasteiger partial charge >= 0.3 is 6.18 Å². The van der Waals surface area contributed by atoms with Crippen LogP contribution in [-0.4, -0.2) is 52.6 Å². The van der Waals surface area contributed by atoms with E-state index in [1.54, 1.807) is 13.8 Å². The Bertz CT molecular complexity index is 242. The molecule has 3 nitrogen and oxygen atoms in total. The molecule has 1 aliphatic heterocycles. The fraction of sp³-hybridized carbons (Fsp3) is 1.00. The summed E-state index contributed by atoms with van der Waals surface area (Å²) in [5.74, 6) is -0.715. The van der Waals surface area contributed by atoms with E-state index in [9.17, 15) is 18.3 Å². The number of likely N-dealkylation sites (tertiary alicyclic amines) is 1. The molecule has 1 rings (SSSR count). The number of aliphatic hydroxyl groups is 2. The summed E-state index contributed by atoms with van der Waals surface area (Å²) in [5, 5.41) is 18.7. The molecule has 0 amide bonds. The maximum Gasteiger partial charge on any atom is 0.414 e. The van der Waals surface area contributed by atoms with Crippen LogP contribution in [0, 0.1) is 5.92 Å². The number of rotatable bonds is 3. The topological polar surface area (TPSA) is 43.7 Å². The Labute approximate surface area is 99.2 Å². The van der Waals surface area contributed by atoms with E-state index in [-0.39, 0.29) is 0 Å². The summed E-state index contributed by atoms with van der Waals surface area (Å²) in [6.07, 6.45) is -6.11. The van der Waals surface area contributed by atoms with Crippen molar-refractivity contribution in [2.24, 2.45) is 5.92 Å². The van der Waals surface area contributed by atoms with Crippen LogP contribution in [0.5, 0.6) is 0 Å². The van der Waals surface area contributed by atoms with Gasteiger partial charge in [0.15, 0.2) is 6.10 Å². The van der Waals surface area contributed by atoms with E-state index in [0.29, 0.717) is 32.5 Å². The molecule has 17 heavy (non-hydrogen) atoms. The number of β-amino-alcohol motifs (C(OH)–C–C–N with tert-alkyl or cyclic N) is 1. The van der Waals surface area contributed by atoms with E-state index in [1.165, 1.54) is 0 Å². The first kappa shape index (κ1) is 14.7.